The number of rotatable bonds is 7. The first-order chi connectivity index (χ1) is 14.1. The van der Waals surface area contributed by atoms with Crippen LogP contribution < -0.4 is 25.1 Å². The zero-order valence-electron chi connectivity index (χ0n) is 16.7. The maximum Gasteiger partial charge on any atom is 0.269 e. The summed E-state index contributed by atoms with van der Waals surface area (Å²) in [4.78, 5) is 28.2. The van der Waals surface area contributed by atoms with Gasteiger partial charge >= 0.3 is 0 Å². The van der Waals surface area contributed by atoms with Crippen molar-refractivity contribution < 1.29 is 23.8 Å². The summed E-state index contributed by atoms with van der Waals surface area (Å²) in [5.74, 6) is 0.366. The first-order valence-corrected chi connectivity index (χ1v) is 10.1. The van der Waals surface area contributed by atoms with Crippen molar-refractivity contribution >= 4 is 23.2 Å². The van der Waals surface area contributed by atoms with Crippen LogP contribution in [-0.4, -0.2) is 51.1 Å². The molecular weight excluding hydrogens is 394 g/mol. The smallest absolute Gasteiger partial charge is 0.269 e. The first-order valence-electron chi connectivity index (χ1n) is 9.24. The van der Waals surface area contributed by atoms with Gasteiger partial charge in [-0.05, 0) is 43.0 Å². The number of hydrazine groups is 1. The Morgan fingerprint density at radius 1 is 1.14 bits per heavy atom. The lowest BCUT2D eigenvalue weighted by Crippen LogP contribution is -2.46. The summed E-state index contributed by atoms with van der Waals surface area (Å²) in [6.07, 6.45) is 2.08. The number of carbonyl (C=O) groups excluding carboxylic acids is 2. The summed E-state index contributed by atoms with van der Waals surface area (Å²) in [6, 6.07) is 7.42. The van der Waals surface area contributed by atoms with Gasteiger partial charge in [-0.25, -0.2) is 0 Å². The van der Waals surface area contributed by atoms with E-state index >= 15 is 0 Å². The lowest BCUT2D eigenvalue weighted by atomic mass is 10.1. The van der Waals surface area contributed by atoms with Crippen molar-refractivity contribution in [3.8, 4) is 17.2 Å². The van der Waals surface area contributed by atoms with Crippen molar-refractivity contribution in [3.05, 3.63) is 40.1 Å². The van der Waals surface area contributed by atoms with Crippen molar-refractivity contribution in [1.82, 2.24) is 15.8 Å². The van der Waals surface area contributed by atoms with Crippen molar-refractivity contribution in [2.24, 2.45) is 0 Å². The predicted molar refractivity (Wildman–Crippen MR) is 110 cm³/mol. The molecule has 29 heavy (non-hydrogen) atoms. The van der Waals surface area contributed by atoms with Gasteiger partial charge in [0.2, 0.25) is 5.75 Å². The van der Waals surface area contributed by atoms with Gasteiger partial charge in [-0.2, -0.15) is 0 Å². The lowest BCUT2D eigenvalue weighted by Gasteiger charge is -2.23. The zero-order valence-corrected chi connectivity index (χ0v) is 17.5. The maximum atomic E-state index is 12.5. The second-order valence-corrected chi connectivity index (χ2v) is 7.54. The Morgan fingerprint density at radius 2 is 1.86 bits per heavy atom. The molecule has 156 valence electrons. The summed E-state index contributed by atoms with van der Waals surface area (Å²) in [7, 11) is 4.43. The molecule has 2 aromatic rings. The SMILES string of the molecule is COc1cc(C(=O)NNC(=O)CN2CCCC2c2cccs2)cc(OC)c1OC. The van der Waals surface area contributed by atoms with Crippen LogP contribution in [0.1, 0.15) is 34.1 Å². The fraction of sp³-hybridized carbons (Fsp3) is 0.400. The molecule has 1 aromatic heterocycles. The highest BCUT2D eigenvalue weighted by atomic mass is 32.1. The third-order valence-corrected chi connectivity index (χ3v) is 5.80. The van der Waals surface area contributed by atoms with Gasteiger partial charge in [-0.3, -0.25) is 25.3 Å². The van der Waals surface area contributed by atoms with Crippen LogP contribution >= 0.6 is 11.3 Å². The van der Waals surface area contributed by atoms with Gasteiger partial charge in [0.15, 0.2) is 11.5 Å². The fourth-order valence-corrected chi connectivity index (χ4v) is 4.35. The van der Waals surface area contributed by atoms with Gasteiger partial charge in [-0.15, -0.1) is 11.3 Å². The summed E-state index contributed by atoms with van der Waals surface area (Å²) >= 11 is 1.70. The Morgan fingerprint density at radius 3 is 2.45 bits per heavy atom. The monoisotopic (exact) mass is 419 g/mol. The Balaban J connectivity index is 1.59. The van der Waals surface area contributed by atoms with E-state index in [1.54, 1.807) is 11.3 Å². The molecule has 2 amide bonds. The van der Waals surface area contributed by atoms with Crippen LogP contribution in [0.15, 0.2) is 29.6 Å². The Hall–Kier alpha value is -2.78. The Bertz CT molecular complexity index is 831. The van der Waals surface area contributed by atoms with Gasteiger partial charge < -0.3 is 14.2 Å². The number of nitrogens with one attached hydrogen (secondary N) is 2. The number of carbonyl (C=O) groups is 2. The van der Waals surface area contributed by atoms with Crippen molar-refractivity contribution in [3.63, 3.8) is 0 Å². The van der Waals surface area contributed by atoms with Crippen LogP contribution in [0.2, 0.25) is 0 Å². The van der Waals surface area contributed by atoms with E-state index < -0.39 is 5.91 Å². The van der Waals surface area contributed by atoms with Gasteiger partial charge in [0.05, 0.1) is 27.9 Å². The second kappa shape index (κ2) is 9.62. The molecule has 2 heterocycles. The highest BCUT2D eigenvalue weighted by molar-refractivity contribution is 7.10. The van der Waals surface area contributed by atoms with Crippen LogP contribution in [0.4, 0.5) is 0 Å². The molecule has 8 nitrogen and oxygen atoms in total. The molecule has 9 heteroatoms. The molecule has 1 atom stereocenters. The molecule has 1 fully saturated rings. The van der Waals surface area contributed by atoms with E-state index in [4.69, 9.17) is 14.2 Å². The maximum absolute atomic E-state index is 12.5. The van der Waals surface area contributed by atoms with Gasteiger partial charge in [0.25, 0.3) is 11.8 Å². The van der Waals surface area contributed by atoms with E-state index in [1.165, 1.54) is 38.3 Å². The molecule has 2 N–H and O–H groups in total. The number of nitrogens with zero attached hydrogens (tertiary/aromatic N) is 1. The van der Waals surface area contributed by atoms with Crippen LogP contribution in [0, 0.1) is 0 Å². The minimum absolute atomic E-state index is 0.220. The summed E-state index contributed by atoms with van der Waals surface area (Å²) in [5, 5.41) is 2.05. The number of amides is 2. The summed E-state index contributed by atoms with van der Waals surface area (Å²) in [5.41, 5.74) is 5.21. The zero-order chi connectivity index (χ0) is 20.8. The van der Waals surface area contributed by atoms with Crippen LogP contribution in [0.3, 0.4) is 0 Å². The normalized spacial score (nSPS) is 16.3. The first kappa shape index (κ1) is 20.9. The second-order valence-electron chi connectivity index (χ2n) is 6.56. The van der Waals surface area contributed by atoms with Crippen LogP contribution in [0.5, 0.6) is 17.2 Å². The highest BCUT2D eigenvalue weighted by Gasteiger charge is 2.28. The average Bonchev–Trinajstić information content (AvgIpc) is 3.42. The standard InChI is InChI=1S/C20H25N3O5S/c1-26-15-10-13(11-16(27-2)19(15)28-3)20(25)22-21-18(24)12-23-8-4-6-14(23)17-7-5-9-29-17/h5,7,9-11,14H,4,6,8,12H2,1-3H3,(H,21,24)(H,22,25). The van der Waals surface area contributed by atoms with Crippen molar-refractivity contribution in [1.29, 1.82) is 0 Å². The molecular formula is C20H25N3O5S. The summed E-state index contributed by atoms with van der Waals surface area (Å²) in [6.45, 7) is 1.08. The Kier molecular flexibility index (Phi) is 6.95. The van der Waals surface area contributed by atoms with Crippen LogP contribution in [-0.2, 0) is 4.79 Å². The number of hydrogen-bond acceptors (Lipinski definition) is 7. The van der Waals surface area contributed by atoms with E-state index in [-0.39, 0.29) is 24.1 Å². The molecule has 0 bridgehead atoms. The third-order valence-electron chi connectivity index (χ3n) is 4.82. The number of methoxy groups -OCH3 is 3. The van der Waals surface area contributed by atoms with E-state index in [9.17, 15) is 9.59 Å². The molecule has 0 saturated carbocycles. The molecule has 0 spiro atoms. The minimum Gasteiger partial charge on any atom is -0.493 e. The van der Waals surface area contributed by atoms with Crippen molar-refractivity contribution in [2.45, 2.75) is 18.9 Å². The quantitative estimate of drug-likeness (QED) is 0.670. The lowest BCUT2D eigenvalue weighted by molar-refractivity contribution is -0.123. The third kappa shape index (κ3) is 4.80. The molecule has 0 radical (unpaired) electrons. The van der Waals surface area contributed by atoms with Gasteiger partial charge in [-0.1, -0.05) is 6.07 Å². The van der Waals surface area contributed by atoms with Crippen molar-refractivity contribution in [2.75, 3.05) is 34.4 Å². The number of thiophene rings is 1. The van der Waals surface area contributed by atoms with E-state index in [0.717, 1.165) is 19.4 Å². The number of ether oxygens (including phenoxy) is 3. The fourth-order valence-electron chi connectivity index (χ4n) is 3.45. The predicted octanol–water partition coefficient (Wildman–Crippen LogP) is 2.37. The van der Waals surface area contributed by atoms with E-state index in [2.05, 4.69) is 21.8 Å². The van der Waals surface area contributed by atoms with E-state index in [0.29, 0.717) is 17.2 Å². The number of hydrogen-bond donors (Lipinski definition) is 2. The summed E-state index contributed by atoms with van der Waals surface area (Å²) < 4.78 is 15.8. The average molecular weight is 420 g/mol. The van der Waals surface area contributed by atoms with Gasteiger partial charge in [0, 0.05) is 16.5 Å². The molecule has 1 aromatic carbocycles. The minimum atomic E-state index is -0.478. The molecule has 0 aliphatic carbocycles. The number of benzene rings is 1. The molecule has 1 saturated heterocycles. The molecule has 1 aliphatic heterocycles. The molecule has 3 rings (SSSR count). The van der Waals surface area contributed by atoms with Gasteiger partial charge in [0.1, 0.15) is 0 Å². The largest absolute Gasteiger partial charge is 0.493 e. The van der Waals surface area contributed by atoms with Crippen LogP contribution in [0.25, 0.3) is 0 Å². The topological polar surface area (TPSA) is 89.1 Å². The van der Waals surface area contributed by atoms with E-state index in [1.807, 2.05) is 11.4 Å². The highest BCUT2D eigenvalue weighted by Crippen LogP contribution is 2.38. The molecule has 1 unspecified atom stereocenters. The Labute approximate surface area is 173 Å². The number of likely N-dealkylation sites (tertiary alicyclic amines) is 1. The molecule has 1 aliphatic rings.